The zero-order valence-electron chi connectivity index (χ0n) is 9.85. The number of hydrogen-bond acceptors (Lipinski definition) is 5. The van der Waals surface area contributed by atoms with Crippen LogP contribution >= 0.6 is 34.4 Å². The molecular formula is C12H15NO2S3. The predicted molar refractivity (Wildman–Crippen MR) is 81.1 cm³/mol. The van der Waals surface area contributed by atoms with Gasteiger partial charge in [0.05, 0.1) is 4.88 Å². The fraction of sp³-hybridized carbons (Fsp3) is 0.417. The highest BCUT2D eigenvalue weighted by Crippen LogP contribution is 2.29. The Balaban J connectivity index is 1.73. The van der Waals surface area contributed by atoms with E-state index in [4.69, 9.17) is 5.11 Å². The lowest BCUT2D eigenvalue weighted by atomic mass is 10.4. The number of nitrogens with one attached hydrogen (secondary N) is 1. The summed E-state index contributed by atoms with van der Waals surface area (Å²) in [5.74, 6) is 1.86. The van der Waals surface area contributed by atoms with E-state index in [9.17, 15) is 4.79 Å². The lowest BCUT2D eigenvalue weighted by molar-refractivity contribution is 0.0960. The van der Waals surface area contributed by atoms with Crippen molar-refractivity contribution in [3.05, 3.63) is 22.4 Å². The number of amides is 1. The van der Waals surface area contributed by atoms with Gasteiger partial charge < -0.3 is 10.4 Å². The normalized spacial score (nSPS) is 10.9. The maximum Gasteiger partial charge on any atom is 0.261 e. The molecule has 18 heavy (non-hydrogen) atoms. The molecule has 3 nitrogen and oxygen atoms in total. The highest BCUT2D eigenvalue weighted by atomic mass is 32.2. The molecule has 2 N–H and O–H groups in total. The molecule has 0 radical (unpaired) electrons. The largest absolute Gasteiger partial charge is 0.396 e. The zero-order valence-corrected chi connectivity index (χ0v) is 12.3. The van der Waals surface area contributed by atoms with E-state index >= 15 is 0 Å². The first-order valence-corrected chi connectivity index (χ1v) is 8.60. The third kappa shape index (κ3) is 3.71. The van der Waals surface area contributed by atoms with Gasteiger partial charge in [-0.2, -0.15) is 11.8 Å². The molecule has 0 bridgehead atoms. The first-order chi connectivity index (χ1) is 8.81. The summed E-state index contributed by atoms with van der Waals surface area (Å²) in [5, 5.41) is 13.6. The Morgan fingerprint density at radius 1 is 1.39 bits per heavy atom. The van der Waals surface area contributed by atoms with Crippen molar-refractivity contribution in [2.45, 2.75) is 6.42 Å². The number of aliphatic hydroxyl groups excluding tert-OH is 1. The summed E-state index contributed by atoms with van der Waals surface area (Å²) < 4.78 is 2.37. The van der Waals surface area contributed by atoms with E-state index in [0.29, 0.717) is 6.54 Å². The zero-order chi connectivity index (χ0) is 12.8. The highest BCUT2D eigenvalue weighted by Gasteiger charge is 2.09. The van der Waals surface area contributed by atoms with Gasteiger partial charge in [0.15, 0.2) is 0 Å². The van der Waals surface area contributed by atoms with E-state index < -0.39 is 0 Å². The summed E-state index contributed by atoms with van der Waals surface area (Å²) >= 11 is 4.96. The second kappa shape index (κ2) is 7.13. The molecule has 0 fully saturated rings. The van der Waals surface area contributed by atoms with Gasteiger partial charge in [0, 0.05) is 28.3 Å². The first kappa shape index (κ1) is 13.9. The van der Waals surface area contributed by atoms with Gasteiger partial charge in [0.1, 0.15) is 0 Å². The molecule has 0 aliphatic carbocycles. The molecule has 0 aliphatic rings. The van der Waals surface area contributed by atoms with Gasteiger partial charge in [-0.25, -0.2) is 0 Å². The van der Waals surface area contributed by atoms with Crippen molar-refractivity contribution in [2.24, 2.45) is 0 Å². The molecule has 0 atom stereocenters. The van der Waals surface area contributed by atoms with E-state index in [1.165, 1.54) is 9.40 Å². The maximum absolute atomic E-state index is 11.9. The van der Waals surface area contributed by atoms with Crippen molar-refractivity contribution in [1.82, 2.24) is 5.32 Å². The Morgan fingerprint density at radius 3 is 3.06 bits per heavy atom. The molecule has 0 unspecified atom stereocenters. The predicted octanol–water partition coefficient (Wildman–Crippen LogP) is 2.81. The van der Waals surface area contributed by atoms with E-state index in [1.807, 2.05) is 17.5 Å². The van der Waals surface area contributed by atoms with Crippen molar-refractivity contribution in [3.63, 3.8) is 0 Å². The van der Waals surface area contributed by atoms with Gasteiger partial charge in [-0.3, -0.25) is 4.79 Å². The average Bonchev–Trinajstić information content (AvgIpc) is 2.93. The molecule has 0 aromatic carbocycles. The van der Waals surface area contributed by atoms with Crippen LogP contribution in [0.2, 0.25) is 0 Å². The second-order valence-corrected chi connectivity index (χ2v) is 6.96. The van der Waals surface area contributed by atoms with Gasteiger partial charge in [0.2, 0.25) is 0 Å². The van der Waals surface area contributed by atoms with Gasteiger partial charge in [-0.05, 0) is 29.7 Å². The molecule has 2 rings (SSSR count). The Morgan fingerprint density at radius 2 is 2.28 bits per heavy atom. The van der Waals surface area contributed by atoms with Gasteiger partial charge in [0.25, 0.3) is 5.91 Å². The third-order valence-corrected chi connectivity index (χ3v) is 5.50. The quantitative estimate of drug-likeness (QED) is 0.773. The number of fused-ring (bicyclic) bond motifs is 1. The maximum atomic E-state index is 11.9. The van der Waals surface area contributed by atoms with Gasteiger partial charge in [-0.1, -0.05) is 0 Å². The van der Waals surface area contributed by atoms with Crippen LogP contribution in [0.3, 0.4) is 0 Å². The molecule has 0 saturated carbocycles. The molecule has 1 amide bonds. The van der Waals surface area contributed by atoms with Crippen LogP contribution in [-0.2, 0) is 0 Å². The van der Waals surface area contributed by atoms with Crippen LogP contribution in [0.5, 0.6) is 0 Å². The van der Waals surface area contributed by atoms with Crippen molar-refractivity contribution >= 4 is 49.7 Å². The van der Waals surface area contributed by atoms with Crippen molar-refractivity contribution < 1.29 is 9.90 Å². The summed E-state index contributed by atoms with van der Waals surface area (Å²) in [7, 11) is 0. The number of rotatable bonds is 7. The minimum atomic E-state index is 0.0196. The number of carbonyl (C=O) groups is 1. The van der Waals surface area contributed by atoms with E-state index in [1.54, 1.807) is 34.4 Å². The second-order valence-electron chi connectivity index (χ2n) is 3.71. The summed E-state index contributed by atoms with van der Waals surface area (Å²) in [5.41, 5.74) is 0. The third-order valence-electron chi connectivity index (χ3n) is 2.34. The topological polar surface area (TPSA) is 49.3 Å². The number of hydrogen-bond donors (Lipinski definition) is 2. The number of aliphatic hydroxyl groups is 1. The molecule has 0 saturated heterocycles. The Kier molecular flexibility index (Phi) is 5.49. The Labute approximate surface area is 118 Å². The van der Waals surface area contributed by atoms with Crippen LogP contribution in [0.1, 0.15) is 16.1 Å². The van der Waals surface area contributed by atoms with Crippen LogP contribution in [0.4, 0.5) is 0 Å². The summed E-state index contributed by atoms with van der Waals surface area (Å²) in [4.78, 5) is 12.6. The Hall–Kier alpha value is -0.560. The monoisotopic (exact) mass is 301 g/mol. The number of thiophene rings is 2. The molecule has 2 aromatic heterocycles. The smallest absolute Gasteiger partial charge is 0.261 e. The molecule has 0 aliphatic heterocycles. The standard InChI is InChI=1S/C12H15NO2S3/c14-4-1-5-16-7-3-13-12(15)11-8-10-9(18-11)2-6-17-10/h2,6,8,14H,1,3-5,7H2,(H,13,15). The van der Waals surface area contributed by atoms with Crippen LogP contribution in [0.15, 0.2) is 17.5 Å². The summed E-state index contributed by atoms with van der Waals surface area (Å²) in [6, 6.07) is 4.01. The van der Waals surface area contributed by atoms with Crippen molar-refractivity contribution in [3.8, 4) is 0 Å². The SMILES string of the molecule is O=C(NCCSCCCO)c1cc2sccc2s1. The van der Waals surface area contributed by atoms with Crippen LogP contribution in [-0.4, -0.2) is 35.7 Å². The van der Waals surface area contributed by atoms with E-state index in [2.05, 4.69) is 5.32 Å². The minimum absolute atomic E-state index is 0.0196. The van der Waals surface area contributed by atoms with Crippen LogP contribution < -0.4 is 5.32 Å². The van der Waals surface area contributed by atoms with E-state index in [0.717, 1.165) is 22.8 Å². The van der Waals surface area contributed by atoms with Crippen LogP contribution in [0, 0.1) is 0 Å². The lowest BCUT2D eigenvalue weighted by Crippen LogP contribution is -2.24. The average molecular weight is 301 g/mol. The van der Waals surface area contributed by atoms with Gasteiger partial charge >= 0.3 is 0 Å². The molecule has 98 valence electrons. The molecule has 2 aromatic rings. The summed E-state index contributed by atoms with van der Waals surface area (Å²) in [6.07, 6.45) is 0.819. The van der Waals surface area contributed by atoms with Gasteiger partial charge in [-0.15, -0.1) is 22.7 Å². The molecule has 6 heteroatoms. The van der Waals surface area contributed by atoms with Crippen molar-refractivity contribution in [1.29, 1.82) is 0 Å². The highest BCUT2D eigenvalue weighted by molar-refractivity contribution is 7.99. The van der Waals surface area contributed by atoms with E-state index in [-0.39, 0.29) is 12.5 Å². The lowest BCUT2D eigenvalue weighted by Gasteiger charge is -2.02. The first-order valence-electron chi connectivity index (χ1n) is 5.75. The van der Waals surface area contributed by atoms with Crippen LogP contribution in [0.25, 0.3) is 9.40 Å². The van der Waals surface area contributed by atoms with Crippen molar-refractivity contribution in [2.75, 3.05) is 24.7 Å². The fourth-order valence-electron chi connectivity index (χ4n) is 1.47. The molecule has 2 heterocycles. The fourth-order valence-corrected chi connectivity index (χ4v) is 4.28. The number of thioether (sulfide) groups is 1. The Bertz CT molecular complexity index is 478. The summed E-state index contributed by atoms with van der Waals surface area (Å²) in [6.45, 7) is 0.922. The number of carbonyl (C=O) groups excluding carboxylic acids is 1. The molecule has 0 spiro atoms. The molecular weight excluding hydrogens is 286 g/mol. The minimum Gasteiger partial charge on any atom is -0.396 e.